The van der Waals surface area contributed by atoms with Crippen LogP contribution in [-0.2, 0) is 17.6 Å². The number of hydrogen-bond donors (Lipinski definition) is 1. The number of esters is 1. The van der Waals surface area contributed by atoms with Crippen LogP contribution in [-0.4, -0.2) is 29.5 Å². The summed E-state index contributed by atoms with van der Waals surface area (Å²) < 4.78 is 11.5. The SMILES string of the molecule is C=C(Cc1cc(C(=O)OCC)cc2nc(C/C3=C/CC(CC)CC(=N)C(CC)C3)oc12)/N=C\C=C/C. The van der Waals surface area contributed by atoms with Crippen molar-refractivity contribution in [3.8, 4) is 0 Å². The van der Waals surface area contributed by atoms with Crippen LogP contribution in [0.2, 0.25) is 0 Å². The lowest BCUT2D eigenvalue weighted by molar-refractivity contribution is 0.0526. The lowest BCUT2D eigenvalue weighted by Crippen LogP contribution is -2.20. The zero-order valence-corrected chi connectivity index (χ0v) is 22.1. The monoisotopic (exact) mass is 489 g/mol. The van der Waals surface area contributed by atoms with Crippen molar-refractivity contribution in [3.05, 3.63) is 65.2 Å². The second kappa shape index (κ2) is 13.1. The smallest absolute Gasteiger partial charge is 0.338 e. The minimum Gasteiger partial charge on any atom is -0.462 e. The number of rotatable bonds is 10. The van der Waals surface area contributed by atoms with Crippen LogP contribution in [0.1, 0.15) is 81.6 Å². The van der Waals surface area contributed by atoms with Gasteiger partial charge in [-0.25, -0.2) is 9.78 Å². The van der Waals surface area contributed by atoms with E-state index in [4.69, 9.17) is 19.5 Å². The van der Waals surface area contributed by atoms with Crippen molar-refractivity contribution in [2.45, 2.75) is 72.6 Å². The van der Waals surface area contributed by atoms with Gasteiger partial charge >= 0.3 is 5.97 Å². The van der Waals surface area contributed by atoms with Crippen LogP contribution in [0.3, 0.4) is 0 Å². The number of hydrogen-bond acceptors (Lipinski definition) is 6. The topological polar surface area (TPSA) is 88.5 Å². The highest BCUT2D eigenvalue weighted by molar-refractivity contribution is 5.94. The minimum atomic E-state index is -0.383. The van der Waals surface area contributed by atoms with E-state index in [1.54, 1.807) is 25.3 Å². The van der Waals surface area contributed by atoms with E-state index in [1.165, 1.54) is 5.57 Å². The van der Waals surface area contributed by atoms with Crippen LogP contribution in [0.15, 0.2) is 57.6 Å². The van der Waals surface area contributed by atoms with Crippen molar-refractivity contribution in [3.63, 3.8) is 0 Å². The Labute approximate surface area is 214 Å². The Bertz CT molecular complexity index is 1190. The van der Waals surface area contributed by atoms with Crippen LogP contribution in [0.25, 0.3) is 11.1 Å². The summed E-state index contributed by atoms with van der Waals surface area (Å²) in [6, 6.07) is 3.53. The molecule has 0 saturated carbocycles. The maximum absolute atomic E-state index is 12.5. The normalized spacial score (nSPS) is 20.4. The van der Waals surface area contributed by atoms with E-state index < -0.39 is 0 Å². The average Bonchev–Trinajstić information content (AvgIpc) is 3.26. The van der Waals surface area contributed by atoms with Crippen molar-refractivity contribution in [2.75, 3.05) is 6.61 Å². The third-order valence-corrected chi connectivity index (χ3v) is 6.75. The highest BCUT2D eigenvalue weighted by Crippen LogP contribution is 2.31. The van der Waals surface area contributed by atoms with E-state index in [-0.39, 0.29) is 11.9 Å². The highest BCUT2D eigenvalue weighted by Gasteiger charge is 2.23. The molecule has 1 aliphatic carbocycles. The molecule has 1 aliphatic rings. The maximum atomic E-state index is 12.5. The van der Waals surface area contributed by atoms with Crippen LogP contribution >= 0.6 is 0 Å². The lowest BCUT2D eigenvalue weighted by Gasteiger charge is -2.24. The molecule has 1 aromatic heterocycles. The summed E-state index contributed by atoms with van der Waals surface area (Å²) in [5.74, 6) is 1.01. The van der Waals surface area contributed by atoms with E-state index in [2.05, 4.69) is 31.5 Å². The largest absolute Gasteiger partial charge is 0.462 e. The van der Waals surface area contributed by atoms with E-state index in [1.807, 2.05) is 19.1 Å². The molecule has 3 rings (SSSR count). The van der Waals surface area contributed by atoms with Gasteiger partial charge in [0, 0.05) is 41.9 Å². The molecule has 1 N–H and O–H groups in total. The Hall–Kier alpha value is -3.28. The van der Waals surface area contributed by atoms with Crippen molar-refractivity contribution in [1.29, 1.82) is 5.41 Å². The Balaban J connectivity index is 1.95. The van der Waals surface area contributed by atoms with Crippen LogP contribution in [0, 0.1) is 17.2 Å². The summed E-state index contributed by atoms with van der Waals surface area (Å²) in [6.07, 6.45) is 13.6. The van der Waals surface area contributed by atoms with Crippen molar-refractivity contribution < 1.29 is 13.9 Å². The molecule has 0 radical (unpaired) electrons. The van der Waals surface area contributed by atoms with Gasteiger partial charge in [0.15, 0.2) is 11.5 Å². The molecule has 2 aromatic rings. The minimum absolute atomic E-state index is 0.263. The summed E-state index contributed by atoms with van der Waals surface area (Å²) in [5, 5.41) is 8.59. The predicted octanol–water partition coefficient (Wildman–Crippen LogP) is 7.43. The Morgan fingerprint density at radius 1 is 1.28 bits per heavy atom. The molecular formula is C30H39N3O3. The molecule has 0 fully saturated rings. The van der Waals surface area contributed by atoms with Crippen molar-refractivity contribution >= 4 is 29.0 Å². The molecule has 1 heterocycles. The number of aliphatic imine (C=N–C) groups is 1. The summed E-state index contributed by atoms with van der Waals surface area (Å²) in [7, 11) is 0. The van der Waals surface area contributed by atoms with E-state index in [0.717, 1.165) is 43.4 Å². The number of aromatic nitrogens is 1. The van der Waals surface area contributed by atoms with Gasteiger partial charge in [0.1, 0.15) is 5.52 Å². The number of allylic oxidation sites excluding steroid dienone is 5. The summed E-state index contributed by atoms with van der Waals surface area (Å²) in [5.41, 5.74) is 5.33. The molecule has 2 unspecified atom stereocenters. The Kier molecular flexibility index (Phi) is 9.97. The first-order chi connectivity index (χ1) is 17.4. The molecule has 6 nitrogen and oxygen atoms in total. The molecule has 192 valence electrons. The molecule has 6 heteroatoms. The second-order valence-electron chi connectivity index (χ2n) is 9.45. The van der Waals surface area contributed by atoms with E-state index in [0.29, 0.717) is 53.6 Å². The first-order valence-corrected chi connectivity index (χ1v) is 13.1. The van der Waals surface area contributed by atoms with Gasteiger partial charge in [-0.3, -0.25) is 4.99 Å². The second-order valence-corrected chi connectivity index (χ2v) is 9.45. The number of carbonyl (C=O) groups is 1. The van der Waals surface area contributed by atoms with Crippen LogP contribution in [0.4, 0.5) is 0 Å². The van der Waals surface area contributed by atoms with Gasteiger partial charge in [0.25, 0.3) is 0 Å². The van der Waals surface area contributed by atoms with Gasteiger partial charge in [-0.05, 0) is 63.7 Å². The Morgan fingerprint density at radius 3 is 2.78 bits per heavy atom. The van der Waals surface area contributed by atoms with Crippen LogP contribution in [0.5, 0.6) is 0 Å². The Morgan fingerprint density at radius 2 is 2.08 bits per heavy atom. The van der Waals surface area contributed by atoms with E-state index in [9.17, 15) is 4.79 Å². The molecule has 0 saturated heterocycles. The van der Waals surface area contributed by atoms with Gasteiger partial charge < -0.3 is 14.6 Å². The third-order valence-electron chi connectivity index (χ3n) is 6.75. The number of oxazole rings is 1. The van der Waals surface area contributed by atoms with Gasteiger partial charge in [0.2, 0.25) is 0 Å². The van der Waals surface area contributed by atoms with Gasteiger partial charge in [-0.2, -0.15) is 0 Å². The summed E-state index contributed by atoms with van der Waals surface area (Å²) in [6.45, 7) is 12.4. The summed E-state index contributed by atoms with van der Waals surface area (Å²) in [4.78, 5) is 21.7. The number of ether oxygens (including phenoxy) is 1. The highest BCUT2D eigenvalue weighted by atomic mass is 16.5. The molecule has 36 heavy (non-hydrogen) atoms. The van der Waals surface area contributed by atoms with Crippen molar-refractivity contribution in [1.82, 2.24) is 4.98 Å². The van der Waals surface area contributed by atoms with Gasteiger partial charge in [-0.15, -0.1) is 0 Å². The molecule has 0 amide bonds. The first-order valence-electron chi connectivity index (χ1n) is 13.1. The predicted molar refractivity (Wildman–Crippen MR) is 147 cm³/mol. The number of fused-ring (bicyclic) bond motifs is 1. The zero-order chi connectivity index (χ0) is 26.1. The lowest BCUT2D eigenvalue weighted by atomic mass is 9.81. The molecule has 1 aromatic carbocycles. The molecule has 0 spiro atoms. The molecule has 2 atom stereocenters. The van der Waals surface area contributed by atoms with Gasteiger partial charge in [-0.1, -0.05) is 44.6 Å². The third kappa shape index (κ3) is 7.12. The first kappa shape index (κ1) is 27.3. The fourth-order valence-corrected chi connectivity index (χ4v) is 4.64. The van der Waals surface area contributed by atoms with Gasteiger partial charge in [0.05, 0.1) is 12.2 Å². The maximum Gasteiger partial charge on any atom is 0.338 e. The molecular weight excluding hydrogens is 450 g/mol. The quantitative estimate of drug-likeness (QED) is 0.213. The van der Waals surface area contributed by atoms with E-state index >= 15 is 0 Å². The number of nitrogens with zero attached hydrogens (tertiary/aromatic N) is 2. The van der Waals surface area contributed by atoms with Crippen molar-refractivity contribution in [2.24, 2.45) is 16.8 Å². The van der Waals surface area contributed by atoms with Crippen LogP contribution < -0.4 is 0 Å². The fraction of sp³-hybridized carbons (Fsp3) is 0.467. The molecule has 0 bridgehead atoms. The number of benzene rings is 1. The number of carbonyl (C=O) groups excluding carboxylic acids is 1. The number of nitrogens with one attached hydrogen (secondary N) is 1. The molecule has 0 aliphatic heterocycles. The average molecular weight is 490 g/mol. The fourth-order valence-electron chi connectivity index (χ4n) is 4.64. The zero-order valence-electron chi connectivity index (χ0n) is 22.1. The summed E-state index contributed by atoms with van der Waals surface area (Å²) >= 11 is 0. The standard InChI is InChI=1S/C30H39N3O3/c1-6-10-13-32-20(5)14-24-18-25(30(34)35-9-4)19-27-29(24)36-28(33-27)17-22-12-11-21(7-2)16-26(31)23(8-3)15-22/h6,10,12-13,18-19,21,23,31H,5,7-9,11,14-17H2,1-4H3/b10-6-,22-12+,31-26?,32-13-.